The highest BCUT2D eigenvalue weighted by molar-refractivity contribution is 5.47. The summed E-state index contributed by atoms with van der Waals surface area (Å²) in [5.74, 6) is 0.488. The summed E-state index contributed by atoms with van der Waals surface area (Å²) in [5.41, 5.74) is 1.33. The maximum atomic E-state index is 9.91. The molecule has 3 heteroatoms. The third-order valence-electron chi connectivity index (χ3n) is 2.57. The van der Waals surface area contributed by atoms with E-state index in [1.807, 2.05) is 27.7 Å². The summed E-state index contributed by atoms with van der Waals surface area (Å²) in [6.07, 6.45) is 0. The summed E-state index contributed by atoms with van der Waals surface area (Å²) < 4.78 is 0. The molecule has 1 rings (SSSR count). The molecule has 0 aliphatic carbocycles. The molecule has 0 radical (unpaired) electrons. The summed E-state index contributed by atoms with van der Waals surface area (Å²) in [4.78, 5) is 0. The maximum Gasteiger partial charge on any atom is 0.120 e. The molecule has 0 atom stereocenters. The minimum atomic E-state index is -0.168. The third-order valence-corrected chi connectivity index (χ3v) is 2.57. The van der Waals surface area contributed by atoms with Crippen LogP contribution < -0.4 is 5.32 Å². The van der Waals surface area contributed by atoms with Gasteiger partial charge in [0.15, 0.2) is 0 Å². The van der Waals surface area contributed by atoms with E-state index in [9.17, 15) is 10.2 Å². The molecular weight excluding hydrogens is 202 g/mol. The van der Waals surface area contributed by atoms with Crippen LogP contribution in [-0.2, 0) is 12.0 Å². The van der Waals surface area contributed by atoms with Crippen molar-refractivity contribution >= 4 is 0 Å². The number of phenols is 2. The average molecular weight is 223 g/mol. The van der Waals surface area contributed by atoms with E-state index in [0.29, 0.717) is 6.54 Å². The van der Waals surface area contributed by atoms with E-state index in [1.165, 1.54) is 0 Å². The largest absolute Gasteiger partial charge is 0.508 e. The second-order valence-electron chi connectivity index (χ2n) is 5.03. The van der Waals surface area contributed by atoms with Gasteiger partial charge in [0.2, 0.25) is 0 Å². The van der Waals surface area contributed by atoms with Crippen LogP contribution in [0.2, 0.25) is 0 Å². The molecule has 0 amide bonds. The molecule has 0 aliphatic heterocycles. The van der Waals surface area contributed by atoms with Gasteiger partial charge in [-0.25, -0.2) is 0 Å². The Morgan fingerprint density at radius 3 is 2.25 bits per heavy atom. The second-order valence-corrected chi connectivity index (χ2v) is 5.03. The Balaban J connectivity index is 3.07. The Kier molecular flexibility index (Phi) is 3.81. The van der Waals surface area contributed by atoms with Crippen molar-refractivity contribution in [1.29, 1.82) is 0 Å². The number of benzene rings is 1. The second kappa shape index (κ2) is 4.74. The average Bonchev–Trinajstić information content (AvgIpc) is 2.17. The Bertz CT molecular complexity index is 367. The van der Waals surface area contributed by atoms with Crippen molar-refractivity contribution in [3.05, 3.63) is 23.3 Å². The zero-order valence-electron chi connectivity index (χ0n) is 10.5. The molecule has 0 spiro atoms. The molecule has 0 aliphatic rings. The summed E-state index contributed by atoms with van der Waals surface area (Å²) >= 11 is 0. The van der Waals surface area contributed by atoms with Gasteiger partial charge in [-0.05, 0) is 24.1 Å². The molecule has 0 saturated carbocycles. The van der Waals surface area contributed by atoms with E-state index in [-0.39, 0.29) is 16.9 Å². The molecule has 1 aromatic rings. The minimum Gasteiger partial charge on any atom is -0.508 e. The van der Waals surface area contributed by atoms with Gasteiger partial charge in [0.05, 0.1) is 0 Å². The van der Waals surface area contributed by atoms with Crippen LogP contribution >= 0.6 is 0 Å². The minimum absolute atomic E-state index is 0.168. The molecule has 0 unspecified atom stereocenters. The standard InChI is InChI=1S/C13H21NO2/c1-5-14-8-9-6-12(16)10(7-11(9)15)13(2,3)4/h6-7,14-16H,5,8H2,1-4H3. The van der Waals surface area contributed by atoms with E-state index < -0.39 is 0 Å². The van der Waals surface area contributed by atoms with Gasteiger partial charge in [0.25, 0.3) is 0 Å². The molecule has 90 valence electrons. The predicted octanol–water partition coefficient (Wildman–Crippen LogP) is 2.50. The van der Waals surface area contributed by atoms with Crippen molar-refractivity contribution in [2.45, 2.75) is 39.7 Å². The predicted molar refractivity (Wildman–Crippen MR) is 65.9 cm³/mol. The quantitative estimate of drug-likeness (QED) is 0.690. The van der Waals surface area contributed by atoms with Gasteiger partial charge in [0.1, 0.15) is 11.5 Å². The van der Waals surface area contributed by atoms with Gasteiger partial charge in [-0.3, -0.25) is 0 Å². The highest BCUT2D eigenvalue weighted by atomic mass is 16.3. The Labute approximate surface area is 97.1 Å². The van der Waals surface area contributed by atoms with Crippen LogP contribution in [0.3, 0.4) is 0 Å². The van der Waals surface area contributed by atoms with E-state index >= 15 is 0 Å². The number of rotatable bonds is 3. The number of hydrogen-bond acceptors (Lipinski definition) is 3. The maximum absolute atomic E-state index is 9.91. The molecule has 3 nitrogen and oxygen atoms in total. The van der Waals surface area contributed by atoms with E-state index in [2.05, 4.69) is 5.32 Å². The Morgan fingerprint density at radius 2 is 1.75 bits per heavy atom. The Morgan fingerprint density at radius 1 is 1.12 bits per heavy atom. The topological polar surface area (TPSA) is 52.5 Å². The van der Waals surface area contributed by atoms with Crippen LogP contribution in [0.4, 0.5) is 0 Å². The molecule has 3 N–H and O–H groups in total. The molecular formula is C13H21NO2. The summed E-state index contributed by atoms with van der Waals surface area (Å²) in [5, 5.41) is 22.9. The summed E-state index contributed by atoms with van der Waals surface area (Å²) in [6.45, 7) is 9.42. The summed E-state index contributed by atoms with van der Waals surface area (Å²) in [7, 11) is 0. The highest BCUT2D eigenvalue weighted by Crippen LogP contribution is 2.35. The SMILES string of the molecule is CCNCc1cc(O)c(C(C)(C)C)cc1O. The van der Waals surface area contributed by atoms with Crippen molar-refractivity contribution in [1.82, 2.24) is 5.32 Å². The van der Waals surface area contributed by atoms with Crippen LogP contribution in [-0.4, -0.2) is 16.8 Å². The van der Waals surface area contributed by atoms with Crippen LogP contribution in [0.15, 0.2) is 12.1 Å². The molecule has 0 saturated heterocycles. The van der Waals surface area contributed by atoms with Crippen LogP contribution in [0.5, 0.6) is 11.5 Å². The molecule has 0 bridgehead atoms. The fourth-order valence-corrected chi connectivity index (χ4v) is 1.62. The van der Waals surface area contributed by atoms with Gasteiger partial charge in [-0.15, -0.1) is 0 Å². The lowest BCUT2D eigenvalue weighted by Crippen LogP contribution is -2.14. The lowest BCUT2D eigenvalue weighted by atomic mass is 9.85. The van der Waals surface area contributed by atoms with Crippen molar-refractivity contribution in [2.24, 2.45) is 0 Å². The monoisotopic (exact) mass is 223 g/mol. The first-order chi connectivity index (χ1) is 7.36. The fraction of sp³-hybridized carbons (Fsp3) is 0.538. The molecule has 1 aromatic carbocycles. The first-order valence-corrected chi connectivity index (χ1v) is 5.62. The van der Waals surface area contributed by atoms with Gasteiger partial charge < -0.3 is 15.5 Å². The smallest absolute Gasteiger partial charge is 0.120 e. The molecule has 16 heavy (non-hydrogen) atoms. The highest BCUT2D eigenvalue weighted by Gasteiger charge is 2.20. The number of phenolic OH excluding ortho intramolecular Hbond substituents is 2. The number of aromatic hydroxyl groups is 2. The van der Waals surface area contributed by atoms with Crippen LogP contribution in [0.1, 0.15) is 38.8 Å². The Hall–Kier alpha value is -1.22. The zero-order chi connectivity index (χ0) is 12.3. The first-order valence-electron chi connectivity index (χ1n) is 5.62. The zero-order valence-corrected chi connectivity index (χ0v) is 10.5. The van der Waals surface area contributed by atoms with Crippen molar-refractivity contribution < 1.29 is 10.2 Å². The van der Waals surface area contributed by atoms with Gasteiger partial charge in [-0.2, -0.15) is 0 Å². The van der Waals surface area contributed by atoms with Crippen molar-refractivity contribution in [2.75, 3.05) is 6.54 Å². The van der Waals surface area contributed by atoms with Gasteiger partial charge in [-0.1, -0.05) is 27.7 Å². The summed E-state index contributed by atoms with van der Waals surface area (Å²) in [6, 6.07) is 3.29. The number of nitrogens with one attached hydrogen (secondary N) is 1. The molecule has 0 aromatic heterocycles. The van der Waals surface area contributed by atoms with Gasteiger partial charge in [0, 0.05) is 17.7 Å². The fourth-order valence-electron chi connectivity index (χ4n) is 1.62. The van der Waals surface area contributed by atoms with Gasteiger partial charge >= 0.3 is 0 Å². The van der Waals surface area contributed by atoms with E-state index in [4.69, 9.17) is 0 Å². The first kappa shape index (κ1) is 12.8. The number of hydrogen-bond donors (Lipinski definition) is 3. The van der Waals surface area contributed by atoms with E-state index in [1.54, 1.807) is 12.1 Å². The normalized spacial score (nSPS) is 11.8. The third kappa shape index (κ3) is 2.89. The van der Waals surface area contributed by atoms with E-state index in [0.717, 1.165) is 17.7 Å². The molecule has 0 fully saturated rings. The van der Waals surface area contributed by atoms with Crippen LogP contribution in [0.25, 0.3) is 0 Å². The van der Waals surface area contributed by atoms with Crippen molar-refractivity contribution in [3.8, 4) is 11.5 Å². The van der Waals surface area contributed by atoms with Crippen LogP contribution in [0, 0.1) is 0 Å². The lowest BCUT2D eigenvalue weighted by molar-refractivity contribution is 0.430. The lowest BCUT2D eigenvalue weighted by Gasteiger charge is -2.21. The molecule has 0 heterocycles. The van der Waals surface area contributed by atoms with Crippen molar-refractivity contribution in [3.63, 3.8) is 0 Å².